The number of nitrogens with zero attached hydrogens (tertiary/aromatic N) is 1. The minimum Gasteiger partial charge on any atom is -0.478 e. The number of carboxylic acids is 1. The molecule has 0 aliphatic carbocycles. The van der Waals surface area contributed by atoms with Gasteiger partial charge in [-0.25, -0.2) is 4.79 Å². The summed E-state index contributed by atoms with van der Waals surface area (Å²) in [5.74, 6) is -0.695. The van der Waals surface area contributed by atoms with Gasteiger partial charge in [0, 0.05) is 6.42 Å². The molecule has 5 nitrogen and oxygen atoms in total. The average molecular weight is 282 g/mol. The molecule has 0 bridgehead atoms. The molecule has 0 saturated heterocycles. The SMILES string of the molecule is O=C(O)C(Cc1ccccc1)Oc1n[nH]c2ccccc12. The number of rotatable bonds is 5. The Morgan fingerprint density at radius 1 is 1.14 bits per heavy atom. The molecule has 0 aliphatic heterocycles. The maximum atomic E-state index is 11.4. The van der Waals surface area contributed by atoms with E-state index in [0.717, 1.165) is 16.5 Å². The highest BCUT2D eigenvalue weighted by Gasteiger charge is 2.22. The number of benzene rings is 2. The van der Waals surface area contributed by atoms with Crippen molar-refractivity contribution in [2.45, 2.75) is 12.5 Å². The molecular formula is C16H14N2O3. The molecule has 0 fully saturated rings. The average Bonchev–Trinajstić information content (AvgIpc) is 2.91. The van der Waals surface area contributed by atoms with Gasteiger partial charge in [0.05, 0.1) is 10.9 Å². The molecule has 106 valence electrons. The quantitative estimate of drug-likeness (QED) is 0.754. The van der Waals surface area contributed by atoms with Gasteiger partial charge in [-0.2, -0.15) is 0 Å². The standard InChI is InChI=1S/C16H14N2O3/c19-16(20)14(10-11-6-2-1-3-7-11)21-15-12-8-4-5-9-13(12)17-18-15/h1-9,14H,10H2,(H,17,18)(H,19,20). The minimum absolute atomic E-state index is 0.289. The number of aliphatic carboxylic acids is 1. The van der Waals surface area contributed by atoms with Crippen LogP contribution < -0.4 is 4.74 Å². The maximum absolute atomic E-state index is 11.4. The number of hydrogen-bond donors (Lipinski definition) is 2. The van der Waals surface area contributed by atoms with Crippen molar-refractivity contribution in [2.75, 3.05) is 0 Å². The monoisotopic (exact) mass is 282 g/mol. The molecule has 0 spiro atoms. The third-order valence-electron chi connectivity index (χ3n) is 3.23. The van der Waals surface area contributed by atoms with Crippen molar-refractivity contribution in [3.8, 4) is 5.88 Å². The summed E-state index contributed by atoms with van der Waals surface area (Å²) < 4.78 is 5.59. The Hall–Kier alpha value is -2.82. The predicted molar refractivity (Wildman–Crippen MR) is 78.3 cm³/mol. The van der Waals surface area contributed by atoms with E-state index >= 15 is 0 Å². The van der Waals surface area contributed by atoms with Gasteiger partial charge < -0.3 is 9.84 Å². The number of hydrogen-bond acceptors (Lipinski definition) is 3. The smallest absolute Gasteiger partial charge is 0.345 e. The van der Waals surface area contributed by atoms with Crippen LogP contribution in [0.3, 0.4) is 0 Å². The van der Waals surface area contributed by atoms with E-state index in [4.69, 9.17) is 4.74 Å². The Bertz CT molecular complexity index is 752. The lowest BCUT2D eigenvalue weighted by atomic mass is 10.1. The third-order valence-corrected chi connectivity index (χ3v) is 3.23. The zero-order valence-electron chi connectivity index (χ0n) is 11.2. The fraction of sp³-hybridized carbons (Fsp3) is 0.125. The van der Waals surface area contributed by atoms with Crippen LogP contribution in [0.5, 0.6) is 5.88 Å². The molecule has 0 amide bonds. The topological polar surface area (TPSA) is 75.2 Å². The van der Waals surface area contributed by atoms with Gasteiger partial charge in [-0.15, -0.1) is 5.10 Å². The van der Waals surface area contributed by atoms with Gasteiger partial charge in [0.2, 0.25) is 12.0 Å². The number of nitrogens with one attached hydrogen (secondary N) is 1. The van der Waals surface area contributed by atoms with Gasteiger partial charge >= 0.3 is 5.97 Å². The van der Waals surface area contributed by atoms with Crippen LogP contribution in [0.2, 0.25) is 0 Å². The molecule has 1 atom stereocenters. The molecule has 21 heavy (non-hydrogen) atoms. The van der Waals surface area contributed by atoms with E-state index in [1.165, 1.54) is 0 Å². The first-order valence-corrected chi connectivity index (χ1v) is 6.60. The van der Waals surface area contributed by atoms with Crippen molar-refractivity contribution >= 4 is 16.9 Å². The summed E-state index contributed by atoms with van der Waals surface area (Å²) >= 11 is 0. The van der Waals surface area contributed by atoms with E-state index in [1.807, 2.05) is 54.6 Å². The predicted octanol–water partition coefficient (Wildman–Crippen LogP) is 2.64. The second-order valence-corrected chi connectivity index (χ2v) is 4.71. The van der Waals surface area contributed by atoms with Crippen molar-refractivity contribution in [1.29, 1.82) is 0 Å². The van der Waals surface area contributed by atoms with Crippen LogP contribution in [0.25, 0.3) is 10.9 Å². The van der Waals surface area contributed by atoms with E-state index in [1.54, 1.807) is 0 Å². The number of ether oxygens (including phenoxy) is 1. The van der Waals surface area contributed by atoms with E-state index in [9.17, 15) is 9.90 Å². The van der Waals surface area contributed by atoms with E-state index in [2.05, 4.69) is 10.2 Å². The molecular weight excluding hydrogens is 268 g/mol. The van der Waals surface area contributed by atoms with Crippen molar-refractivity contribution in [3.63, 3.8) is 0 Å². The Labute approximate surface area is 121 Å². The first kappa shape index (κ1) is 13.2. The zero-order chi connectivity index (χ0) is 14.7. The lowest BCUT2D eigenvalue weighted by Gasteiger charge is -2.13. The van der Waals surface area contributed by atoms with Crippen LogP contribution in [-0.2, 0) is 11.2 Å². The van der Waals surface area contributed by atoms with Gasteiger partial charge in [0.1, 0.15) is 0 Å². The number of carboxylic acid groups (broad SMARTS) is 1. The number of fused-ring (bicyclic) bond motifs is 1. The summed E-state index contributed by atoms with van der Waals surface area (Å²) in [5.41, 5.74) is 1.72. The lowest BCUT2D eigenvalue weighted by molar-refractivity contribution is -0.145. The molecule has 0 radical (unpaired) electrons. The Kier molecular flexibility index (Phi) is 3.55. The first-order valence-electron chi connectivity index (χ1n) is 6.60. The van der Waals surface area contributed by atoms with Crippen molar-refractivity contribution < 1.29 is 14.6 Å². The van der Waals surface area contributed by atoms with E-state index in [0.29, 0.717) is 5.88 Å². The molecule has 0 saturated carbocycles. The van der Waals surface area contributed by atoms with Gasteiger partial charge in [-0.05, 0) is 17.7 Å². The Balaban J connectivity index is 1.84. The summed E-state index contributed by atoms with van der Waals surface area (Å²) in [7, 11) is 0. The molecule has 1 unspecified atom stereocenters. The summed E-state index contributed by atoms with van der Waals surface area (Å²) in [4.78, 5) is 11.4. The maximum Gasteiger partial charge on any atom is 0.345 e. The van der Waals surface area contributed by atoms with Crippen LogP contribution in [-0.4, -0.2) is 27.4 Å². The third kappa shape index (κ3) is 2.86. The normalized spacial score (nSPS) is 12.2. The van der Waals surface area contributed by atoms with Crippen LogP contribution in [0.4, 0.5) is 0 Å². The fourth-order valence-corrected chi connectivity index (χ4v) is 2.17. The largest absolute Gasteiger partial charge is 0.478 e. The highest BCUT2D eigenvalue weighted by Crippen LogP contribution is 2.23. The van der Waals surface area contributed by atoms with Crippen LogP contribution in [0.15, 0.2) is 54.6 Å². The van der Waals surface area contributed by atoms with Gasteiger partial charge in [-0.1, -0.05) is 42.5 Å². The van der Waals surface area contributed by atoms with Crippen molar-refractivity contribution in [1.82, 2.24) is 10.2 Å². The minimum atomic E-state index is -1.01. The van der Waals surface area contributed by atoms with Gasteiger partial charge in [0.25, 0.3) is 0 Å². The second-order valence-electron chi connectivity index (χ2n) is 4.71. The van der Waals surface area contributed by atoms with Gasteiger partial charge in [-0.3, -0.25) is 5.10 Å². The second kappa shape index (κ2) is 5.66. The Morgan fingerprint density at radius 2 is 1.86 bits per heavy atom. The molecule has 3 rings (SSSR count). The number of H-pyrrole nitrogens is 1. The summed E-state index contributed by atoms with van der Waals surface area (Å²) in [6.07, 6.45) is -0.684. The van der Waals surface area contributed by atoms with E-state index < -0.39 is 12.1 Å². The van der Waals surface area contributed by atoms with Crippen molar-refractivity contribution in [2.24, 2.45) is 0 Å². The molecule has 2 N–H and O–H groups in total. The first-order chi connectivity index (χ1) is 10.2. The van der Waals surface area contributed by atoms with Crippen LogP contribution in [0, 0.1) is 0 Å². The molecule has 1 aromatic heterocycles. The summed E-state index contributed by atoms with van der Waals surface area (Å²) in [6, 6.07) is 16.8. The highest BCUT2D eigenvalue weighted by atomic mass is 16.5. The molecule has 1 heterocycles. The zero-order valence-corrected chi connectivity index (χ0v) is 11.2. The molecule has 0 aliphatic rings. The Morgan fingerprint density at radius 3 is 2.62 bits per heavy atom. The fourth-order valence-electron chi connectivity index (χ4n) is 2.17. The number of aromatic amines is 1. The van der Waals surface area contributed by atoms with Crippen LogP contribution in [0.1, 0.15) is 5.56 Å². The summed E-state index contributed by atoms with van der Waals surface area (Å²) in [6.45, 7) is 0. The number of aromatic nitrogens is 2. The molecule has 2 aromatic carbocycles. The highest BCUT2D eigenvalue weighted by molar-refractivity contribution is 5.84. The molecule has 5 heteroatoms. The van der Waals surface area contributed by atoms with E-state index in [-0.39, 0.29) is 6.42 Å². The number of para-hydroxylation sites is 1. The van der Waals surface area contributed by atoms with Crippen molar-refractivity contribution in [3.05, 3.63) is 60.2 Å². The number of carbonyl (C=O) groups is 1. The summed E-state index contributed by atoms with van der Waals surface area (Å²) in [5, 5.41) is 17.0. The van der Waals surface area contributed by atoms with Gasteiger partial charge in [0.15, 0.2) is 0 Å². The molecule has 3 aromatic rings. The lowest BCUT2D eigenvalue weighted by Crippen LogP contribution is -2.29. The van der Waals surface area contributed by atoms with Crippen LogP contribution >= 0.6 is 0 Å².